The average Bonchev–Trinajstić information content (AvgIpc) is 2.82. The van der Waals surface area contributed by atoms with Crippen LogP contribution in [-0.4, -0.2) is 63.2 Å². The van der Waals surface area contributed by atoms with Gasteiger partial charge in [0.1, 0.15) is 0 Å². The van der Waals surface area contributed by atoms with Crippen LogP contribution in [0.3, 0.4) is 0 Å². The number of nitrogens with zero attached hydrogens (tertiary/aromatic N) is 2. The second-order valence-corrected chi connectivity index (χ2v) is 7.68. The molecule has 1 aliphatic heterocycles. The van der Waals surface area contributed by atoms with E-state index in [-0.39, 0.29) is 18.4 Å². The summed E-state index contributed by atoms with van der Waals surface area (Å²) in [6.45, 7) is 5.07. The molecule has 2 aromatic carbocycles. The lowest BCUT2D eigenvalue weighted by molar-refractivity contribution is -0.132. The minimum Gasteiger partial charge on any atom is -0.493 e. The van der Waals surface area contributed by atoms with Crippen LogP contribution in [0.25, 0.3) is 6.08 Å². The highest BCUT2D eigenvalue weighted by molar-refractivity contribution is 6.30. The minimum atomic E-state index is -0.327. The Morgan fingerprint density at radius 2 is 1.78 bits per heavy atom. The van der Waals surface area contributed by atoms with Crippen molar-refractivity contribution in [3.05, 3.63) is 59.1 Å². The number of amides is 2. The van der Waals surface area contributed by atoms with Gasteiger partial charge in [-0.3, -0.25) is 9.59 Å². The van der Waals surface area contributed by atoms with Crippen LogP contribution in [0.5, 0.6) is 11.5 Å². The lowest BCUT2D eigenvalue weighted by atomic mass is 10.2. The Balaban J connectivity index is 1.45. The third kappa shape index (κ3) is 6.40. The Labute approximate surface area is 193 Å². The molecule has 0 aromatic heterocycles. The van der Waals surface area contributed by atoms with E-state index in [4.69, 9.17) is 21.1 Å². The fraction of sp³-hybridized carbons (Fsp3) is 0.333. The zero-order valence-corrected chi connectivity index (χ0v) is 19.1. The average molecular weight is 458 g/mol. The first-order valence-corrected chi connectivity index (χ1v) is 10.9. The van der Waals surface area contributed by atoms with E-state index in [1.165, 1.54) is 6.08 Å². The van der Waals surface area contributed by atoms with E-state index in [9.17, 15) is 9.59 Å². The van der Waals surface area contributed by atoms with E-state index < -0.39 is 0 Å². The van der Waals surface area contributed by atoms with Crippen LogP contribution < -0.4 is 19.7 Å². The third-order valence-corrected chi connectivity index (χ3v) is 5.40. The van der Waals surface area contributed by atoms with E-state index in [2.05, 4.69) is 10.2 Å². The fourth-order valence-electron chi connectivity index (χ4n) is 3.44. The van der Waals surface area contributed by atoms with Gasteiger partial charge in [0.2, 0.25) is 11.8 Å². The van der Waals surface area contributed by atoms with Gasteiger partial charge in [-0.2, -0.15) is 0 Å². The summed E-state index contributed by atoms with van der Waals surface area (Å²) in [7, 11) is 1.58. The Hall–Kier alpha value is -3.19. The molecule has 1 saturated heterocycles. The van der Waals surface area contributed by atoms with Gasteiger partial charge in [0.25, 0.3) is 0 Å². The van der Waals surface area contributed by atoms with Gasteiger partial charge in [0, 0.05) is 43.0 Å². The Morgan fingerprint density at radius 3 is 2.44 bits per heavy atom. The van der Waals surface area contributed by atoms with E-state index >= 15 is 0 Å². The van der Waals surface area contributed by atoms with E-state index in [1.54, 1.807) is 30.2 Å². The molecule has 0 unspecified atom stereocenters. The number of benzene rings is 2. The number of hydrogen-bond donors (Lipinski definition) is 1. The number of hydrogen-bond acceptors (Lipinski definition) is 5. The fourth-order valence-corrected chi connectivity index (χ4v) is 3.56. The normalized spacial score (nSPS) is 13.8. The molecule has 8 heteroatoms. The van der Waals surface area contributed by atoms with Crippen molar-refractivity contribution in [3.8, 4) is 11.5 Å². The highest BCUT2D eigenvalue weighted by Gasteiger charge is 2.21. The summed E-state index contributed by atoms with van der Waals surface area (Å²) >= 11 is 5.94. The molecule has 1 aliphatic rings. The van der Waals surface area contributed by atoms with Gasteiger partial charge in [-0.15, -0.1) is 0 Å². The van der Waals surface area contributed by atoms with Crippen molar-refractivity contribution in [2.45, 2.75) is 6.92 Å². The van der Waals surface area contributed by atoms with Crippen molar-refractivity contribution in [2.24, 2.45) is 0 Å². The highest BCUT2D eigenvalue weighted by atomic mass is 35.5. The van der Waals surface area contributed by atoms with Gasteiger partial charge >= 0.3 is 0 Å². The topological polar surface area (TPSA) is 71.1 Å². The third-order valence-electron chi connectivity index (χ3n) is 5.15. The first-order chi connectivity index (χ1) is 15.5. The van der Waals surface area contributed by atoms with E-state index in [1.807, 2.05) is 37.3 Å². The molecule has 0 bridgehead atoms. The first-order valence-electron chi connectivity index (χ1n) is 10.5. The van der Waals surface area contributed by atoms with Crippen LogP contribution in [0, 0.1) is 0 Å². The molecule has 2 amide bonds. The molecule has 0 aliphatic carbocycles. The second kappa shape index (κ2) is 11.4. The summed E-state index contributed by atoms with van der Waals surface area (Å²) in [5, 5.41) is 3.36. The molecule has 3 rings (SSSR count). The van der Waals surface area contributed by atoms with Crippen molar-refractivity contribution >= 4 is 35.2 Å². The Morgan fingerprint density at radius 1 is 1.06 bits per heavy atom. The monoisotopic (exact) mass is 457 g/mol. The summed E-state index contributed by atoms with van der Waals surface area (Å²) in [5.74, 6) is 0.832. The maximum absolute atomic E-state index is 12.5. The van der Waals surface area contributed by atoms with Crippen molar-refractivity contribution in [3.63, 3.8) is 0 Å². The van der Waals surface area contributed by atoms with Gasteiger partial charge in [0.05, 0.1) is 20.3 Å². The van der Waals surface area contributed by atoms with Crippen molar-refractivity contribution in [1.82, 2.24) is 10.2 Å². The smallest absolute Gasteiger partial charge is 0.244 e. The standard InChI is InChI=1S/C24H28ClN3O4/c1-3-32-22-16-18(4-10-21(22)31-2)5-11-23(29)26-17-24(30)28-14-12-27(13-15-28)20-8-6-19(25)7-9-20/h4-11,16H,3,12-15,17H2,1-2H3,(H,26,29)/b11-5+. The summed E-state index contributed by atoms with van der Waals surface area (Å²) < 4.78 is 10.8. The number of rotatable bonds is 8. The molecular weight excluding hydrogens is 430 g/mol. The van der Waals surface area contributed by atoms with Crippen molar-refractivity contribution < 1.29 is 19.1 Å². The molecule has 32 heavy (non-hydrogen) atoms. The maximum Gasteiger partial charge on any atom is 0.244 e. The number of carbonyl (C=O) groups excluding carboxylic acids is 2. The number of ether oxygens (including phenoxy) is 2. The molecule has 2 aromatic rings. The molecule has 1 N–H and O–H groups in total. The van der Waals surface area contributed by atoms with Gasteiger partial charge in [-0.05, 0) is 55.0 Å². The number of piperazine rings is 1. The Bertz CT molecular complexity index is 954. The number of nitrogens with one attached hydrogen (secondary N) is 1. The number of methoxy groups -OCH3 is 1. The summed E-state index contributed by atoms with van der Waals surface area (Å²) in [6.07, 6.45) is 3.08. The van der Waals surface area contributed by atoms with Crippen LogP contribution in [0.15, 0.2) is 48.5 Å². The quantitative estimate of drug-likeness (QED) is 0.616. The molecule has 170 valence electrons. The summed E-state index contributed by atoms with van der Waals surface area (Å²) in [6, 6.07) is 13.1. The zero-order chi connectivity index (χ0) is 22.9. The van der Waals surface area contributed by atoms with Gasteiger partial charge in [-0.25, -0.2) is 0 Å². The van der Waals surface area contributed by atoms with Crippen molar-refractivity contribution in [2.75, 3.05) is 51.3 Å². The summed E-state index contributed by atoms with van der Waals surface area (Å²) in [4.78, 5) is 28.6. The maximum atomic E-state index is 12.5. The Kier molecular flexibility index (Phi) is 8.39. The molecular formula is C24H28ClN3O4. The number of carbonyl (C=O) groups is 2. The van der Waals surface area contributed by atoms with Crippen molar-refractivity contribution in [1.29, 1.82) is 0 Å². The molecule has 1 fully saturated rings. The number of halogens is 1. The van der Waals surface area contributed by atoms with Gasteiger partial charge in [-0.1, -0.05) is 17.7 Å². The van der Waals surface area contributed by atoms with Crippen LogP contribution in [0.2, 0.25) is 5.02 Å². The van der Waals surface area contributed by atoms with E-state index in [0.717, 1.165) is 24.3 Å². The molecule has 1 heterocycles. The number of anilines is 1. The lowest BCUT2D eigenvalue weighted by Crippen LogP contribution is -2.51. The molecule has 0 spiro atoms. The SMILES string of the molecule is CCOc1cc(/C=C/C(=O)NCC(=O)N2CCN(c3ccc(Cl)cc3)CC2)ccc1OC. The van der Waals surface area contributed by atoms with Gasteiger partial charge < -0.3 is 24.6 Å². The predicted molar refractivity (Wildman–Crippen MR) is 126 cm³/mol. The van der Waals surface area contributed by atoms with E-state index in [0.29, 0.717) is 36.2 Å². The minimum absolute atomic E-state index is 0.0308. The molecule has 7 nitrogen and oxygen atoms in total. The second-order valence-electron chi connectivity index (χ2n) is 7.24. The summed E-state index contributed by atoms with van der Waals surface area (Å²) in [5.41, 5.74) is 1.89. The van der Waals surface area contributed by atoms with Crippen LogP contribution in [0.1, 0.15) is 12.5 Å². The molecule has 0 atom stereocenters. The molecule has 0 saturated carbocycles. The van der Waals surface area contributed by atoms with Gasteiger partial charge in [0.15, 0.2) is 11.5 Å². The zero-order valence-electron chi connectivity index (χ0n) is 18.3. The largest absolute Gasteiger partial charge is 0.493 e. The highest BCUT2D eigenvalue weighted by Crippen LogP contribution is 2.28. The lowest BCUT2D eigenvalue weighted by Gasteiger charge is -2.36. The van der Waals surface area contributed by atoms with Crippen LogP contribution in [-0.2, 0) is 9.59 Å². The predicted octanol–water partition coefficient (Wildman–Crippen LogP) is 3.23. The molecule has 0 radical (unpaired) electrons. The van der Waals surface area contributed by atoms with Crippen LogP contribution in [0.4, 0.5) is 5.69 Å². The first kappa shape index (κ1) is 23.5. The van der Waals surface area contributed by atoms with Crippen LogP contribution >= 0.6 is 11.6 Å².